The highest BCUT2D eigenvalue weighted by Gasteiger charge is 2.34. The lowest BCUT2D eigenvalue weighted by Gasteiger charge is -2.38. The summed E-state index contributed by atoms with van der Waals surface area (Å²) in [5.74, 6) is -0.0206. The van der Waals surface area contributed by atoms with Gasteiger partial charge in [-0.3, -0.25) is 4.98 Å². The van der Waals surface area contributed by atoms with E-state index in [1.54, 1.807) is 11.0 Å². The molecule has 2 aliphatic rings. The van der Waals surface area contributed by atoms with E-state index in [0.717, 1.165) is 29.7 Å². The molecule has 1 unspecified atom stereocenters. The molecular weight excluding hydrogens is 412 g/mol. The van der Waals surface area contributed by atoms with Gasteiger partial charge in [0.05, 0.1) is 17.9 Å². The highest BCUT2D eigenvalue weighted by molar-refractivity contribution is 5.87. The molecule has 0 radical (unpaired) electrons. The van der Waals surface area contributed by atoms with Crippen LogP contribution in [0.25, 0.3) is 11.3 Å². The lowest BCUT2D eigenvalue weighted by Crippen LogP contribution is -2.45. The Hall–Kier alpha value is -3.13. The third-order valence-electron chi connectivity index (χ3n) is 5.59. The number of carbonyl (C=O) groups excluding carboxylic acids is 1. The molecule has 1 saturated heterocycles. The Morgan fingerprint density at radius 3 is 2.53 bits per heavy atom. The summed E-state index contributed by atoms with van der Waals surface area (Å²) in [5.41, 5.74) is 2.14. The minimum absolute atomic E-state index is 0.152. The van der Waals surface area contributed by atoms with E-state index in [-0.39, 0.29) is 23.9 Å². The number of amides is 1. The maximum absolute atomic E-state index is 12.3. The monoisotopic (exact) mass is 440 g/mol. The number of pyridine rings is 1. The number of likely N-dealkylation sites (tertiary alicyclic amines) is 1. The van der Waals surface area contributed by atoms with Crippen LogP contribution in [0.1, 0.15) is 49.5 Å². The predicted molar refractivity (Wildman–Crippen MR) is 116 cm³/mol. The van der Waals surface area contributed by atoms with Gasteiger partial charge in [0, 0.05) is 36.3 Å². The Balaban J connectivity index is 1.36. The first-order chi connectivity index (χ1) is 15.2. The number of hydrogen-bond donors (Lipinski definition) is 1. The standard InChI is InChI=1S/C24H28N2O6/c1-24(2,3)32-23(29)26-10-8-15(9-11-26)22-30-14-18-12-16(5-7-20(18)31-22)19-6-4-17(13-25-19)21(27)28/h4-7,12-13,15,22H,8-11,14H2,1-3H3,(H,27,28). The van der Waals surface area contributed by atoms with E-state index in [2.05, 4.69) is 4.98 Å². The van der Waals surface area contributed by atoms with Crippen LogP contribution < -0.4 is 4.74 Å². The SMILES string of the molecule is CC(C)(C)OC(=O)N1CCC(C2OCc3cc(-c4ccc(C(=O)O)cn4)ccc3O2)CC1. The molecule has 1 fully saturated rings. The quantitative estimate of drug-likeness (QED) is 0.758. The molecule has 0 spiro atoms. The Kier molecular flexibility index (Phi) is 6.06. The van der Waals surface area contributed by atoms with Crippen LogP contribution >= 0.6 is 0 Å². The molecule has 1 aromatic heterocycles. The van der Waals surface area contributed by atoms with Gasteiger partial charge in [0.2, 0.25) is 6.29 Å². The summed E-state index contributed by atoms with van der Waals surface area (Å²) >= 11 is 0. The molecule has 8 heteroatoms. The van der Waals surface area contributed by atoms with Crippen molar-refractivity contribution in [3.8, 4) is 17.0 Å². The molecule has 3 heterocycles. The van der Waals surface area contributed by atoms with E-state index < -0.39 is 11.6 Å². The molecule has 1 aromatic carbocycles. The zero-order valence-electron chi connectivity index (χ0n) is 18.5. The number of carbonyl (C=O) groups is 2. The summed E-state index contributed by atoms with van der Waals surface area (Å²) in [6.45, 7) is 7.26. The molecule has 1 N–H and O–H groups in total. The average molecular weight is 440 g/mol. The van der Waals surface area contributed by atoms with Crippen LogP contribution in [0.5, 0.6) is 5.75 Å². The van der Waals surface area contributed by atoms with E-state index in [0.29, 0.717) is 25.4 Å². The highest BCUT2D eigenvalue weighted by atomic mass is 16.7. The number of piperidine rings is 1. The van der Waals surface area contributed by atoms with Crippen LogP contribution in [0.4, 0.5) is 4.79 Å². The zero-order valence-corrected chi connectivity index (χ0v) is 18.5. The van der Waals surface area contributed by atoms with E-state index >= 15 is 0 Å². The predicted octanol–water partition coefficient (Wildman–Crippen LogP) is 4.33. The molecule has 8 nitrogen and oxygen atoms in total. The topological polar surface area (TPSA) is 98.2 Å². The first-order valence-corrected chi connectivity index (χ1v) is 10.8. The van der Waals surface area contributed by atoms with Crippen molar-refractivity contribution in [1.82, 2.24) is 9.88 Å². The molecule has 0 aliphatic carbocycles. The van der Waals surface area contributed by atoms with E-state index in [4.69, 9.17) is 19.3 Å². The fourth-order valence-electron chi connectivity index (χ4n) is 3.90. The van der Waals surface area contributed by atoms with Crippen molar-refractivity contribution in [3.05, 3.63) is 47.7 Å². The van der Waals surface area contributed by atoms with Gasteiger partial charge in [0.1, 0.15) is 11.4 Å². The average Bonchev–Trinajstić information content (AvgIpc) is 2.77. The normalized spacial score (nSPS) is 19.1. The van der Waals surface area contributed by atoms with Crippen LogP contribution in [0.15, 0.2) is 36.5 Å². The van der Waals surface area contributed by atoms with E-state index in [9.17, 15) is 9.59 Å². The Morgan fingerprint density at radius 2 is 1.91 bits per heavy atom. The van der Waals surface area contributed by atoms with E-state index in [1.165, 1.54) is 12.3 Å². The van der Waals surface area contributed by atoms with E-state index in [1.807, 2.05) is 39.0 Å². The molecular formula is C24H28N2O6. The Labute approximate surface area is 187 Å². The van der Waals surface area contributed by atoms with Crippen molar-refractivity contribution in [1.29, 1.82) is 0 Å². The first-order valence-electron chi connectivity index (χ1n) is 10.8. The second-order valence-electron chi connectivity index (χ2n) is 9.16. The Morgan fingerprint density at radius 1 is 1.16 bits per heavy atom. The van der Waals surface area contributed by atoms with Gasteiger partial charge in [0.15, 0.2) is 0 Å². The molecule has 1 atom stereocenters. The smallest absolute Gasteiger partial charge is 0.410 e. The summed E-state index contributed by atoms with van der Waals surface area (Å²) in [4.78, 5) is 29.3. The maximum atomic E-state index is 12.3. The number of aromatic nitrogens is 1. The van der Waals surface area contributed by atoms with Gasteiger partial charge < -0.3 is 24.2 Å². The van der Waals surface area contributed by atoms with Crippen molar-refractivity contribution in [3.63, 3.8) is 0 Å². The van der Waals surface area contributed by atoms with Crippen LogP contribution in [-0.2, 0) is 16.1 Å². The van der Waals surface area contributed by atoms with Crippen molar-refractivity contribution in [2.45, 2.75) is 52.1 Å². The molecule has 2 aliphatic heterocycles. The summed E-state index contributed by atoms with van der Waals surface area (Å²) in [6, 6.07) is 9.01. The molecule has 170 valence electrons. The van der Waals surface area contributed by atoms with Gasteiger partial charge in [0.25, 0.3) is 0 Å². The number of fused-ring (bicyclic) bond motifs is 1. The fraction of sp³-hybridized carbons (Fsp3) is 0.458. The fourth-order valence-corrected chi connectivity index (χ4v) is 3.90. The van der Waals surface area contributed by atoms with Crippen molar-refractivity contribution < 1.29 is 28.9 Å². The summed E-state index contributed by atoms with van der Waals surface area (Å²) in [5, 5.41) is 9.02. The molecule has 32 heavy (non-hydrogen) atoms. The molecule has 1 amide bonds. The number of hydrogen-bond acceptors (Lipinski definition) is 6. The number of carboxylic acids is 1. The number of ether oxygens (including phenoxy) is 3. The third-order valence-corrected chi connectivity index (χ3v) is 5.59. The minimum atomic E-state index is -1.00. The number of nitrogens with zero attached hydrogens (tertiary/aromatic N) is 2. The largest absolute Gasteiger partial charge is 0.478 e. The number of benzene rings is 1. The van der Waals surface area contributed by atoms with Gasteiger partial charge in [-0.1, -0.05) is 0 Å². The van der Waals surface area contributed by atoms with Crippen molar-refractivity contribution >= 4 is 12.1 Å². The second kappa shape index (κ2) is 8.78. The van der Waals surface area contributed by atoms with Gasteiger partial charge in [-0.25, -0.2) is 9.59 Å². The van der Waals surface area contributed by atoms with Gasteiger partial charge in [-0.15, -0.1) is 0 Å². The van der Waals surface area contributed by atoms with Crippen LogP contribution in [-0.4, -0.2) is 52.0 Å². The van der Waals surface area contributed by atoms with Crippen molar-refractivity contribution in [2.75, 3.05) is 13.1 Å². The first kappa shape index (κ1) is 22.1. The number of carboxylic acid groups (broad SMARTS) is 1. The molecule has 2 aromatic rings. The summed E-state index contributed by atoms with van der Waals surface area (Å²) < 4.78 is 17.6. The molecule has 0 saturated carbocycles. The van der Waals surface area contributed by atoms with Crippen LogP contribution in [0.3, 0.4) is 0 Å². The lowest BCUT2D eigenvalue weighted by atomic mass is 9.95. The van der Waals surface area contributed by atoms with Gasteiger partial charge in [-0.05, 0) is 63.9 Å². The zero-order chi connectivity index (χ0) is 22.9. The third kappa shape index (κ3) is 5.02. The molecule has 4 rings (SSSR count). The Bertz CT molecular complexity index is 991. The summed E-state index contributed by atoms with van der Waals surface area (Å²) in [7, 11) is 0. The maximum Gasteiger partial charge on any atom is 0.410 e. The highest BCUT2D eigenvalue weighted by Crippen LogP contribution is 2.34. The molecule has 0 bridgehead atoms. The second-order valence-corrected chi connectivity index (χ2v) is 9.16. The van der Waals surface area contributed by atoms with Gasteiger partial charge >= 0.3 is 12.1 Å². The number of rotatable bonds is 3. The van der Waals surface area contributed by atoms with Crippen LogP contribution in [0.2, 0.25) is 0 Å². The number of aromatic carboxylic acids is 1. The minimum Gasteiger partial charge on any atom is -0.478 e. The van der Waals surface area contributed by atoms with Crippen LogP contribution in [0, 0.1) is 5.92 Å². The lowest BCUT2D eigenvalue weighted by molar-refractivity contribution is -0.149. The summed E-state index contributed by atoms with van der Waals surface area (Å²) in [6.07, 6.45) is 2.31. The van der Waals surface area contributed by atoms with Crippen molar-refractivity contribution in [2.24, 2.45) is 5.92 Å². The van der Waals surface area contributed by atoms with Gasteiger partial charge in [-0.2, -0.15) is 0 Å².